The number of hydrogen-bond acceptors (Lipinski definition) is 2. The molecule has 0 radical (unpaired) electrons. The van der Waals surface area contributed by atoms with Crippen molar-refractivity contribution in [1.82, 2.24) is 0 Å². The number of halogens is 1. The Kier molecular flexibility index (Phi) is 6.46. The van der Waals surface area contributed by atoms with Gasteiger partial charge in [-0.1, -0.05) is 23.7 Å². The average Bonchev–Trinajstić information content (AvgIpc) is 2.28. The van der Waals surface area contributed by atoms with E-state index in [4.69, 9.17) is 22.1 Å². The van der Waals surface area contributed by atoms with Crippen LogP contribution in [0.3, 0.4) is 0 Å². The van der Waals surface area contributed by atoms with E-state index >= 15 is 0 Å². The fourth-order valence-corrected chi connectivity index (χ4v) is 1.91. The van der Waals surface area contributed by atoms with Crippen LogP contribution in [0.25, 0.3) is 0 Å². The van der Waals surface area contributed by atoms with Gasteiger partial charge in [-0.15, -0.1) is 0 Å². The van der Waals surface area contributed by atoms with Crippen LogP contribution in [-0.4, -0.2) is 19.8 Å². The van der Waals surface area contributed by atoms with Gasteiger partial charge < -0.3 is 10.5 Å². The molecule has 1 aromatic rings. The maximum Gasteiger partial charge on any atom is 0.0469 e. The van der Waals surface area contributed by atoms with Crippen LogP contribution in [0.1, 0.15) is 18.9 Å². The van der Waals surface area contributed by atoms with Gasteiger partial charge in [-0.05, 0) is 49.9 Å². The lowest BCUT2D eigenvalue weighted by Gasteiger charge is -2.14. The molecule has 1 aromatic carbocycles. The molecular formula is C13H20ClNO. The SMILES string of the molecule is CCOCCC(CN)Cc1cccc(Cl)c1. The van der Waals surface area contributed by atoms with E-state index in [1.807, 2.05) is 25.1 Å². The minimum atomic E-state index is 0.477. The topological polar surface area (TPSA) is 35.2 Å². The largest absolute Gasteiger partial charge is 0.382 e. The second-order valence-corrected chi connectivity index (χ2v) is 4.36. The van der Waals surface area contributed by atoms with Crippen LogP contribution in [0.4, 0.5) is 0 Å². The molecule has 0 aliphatic carbocycles. The normalized spacial score (nSPS) is 12.7. The molecule has 90 valence electrons. The van der Waals surface area contributed by atoms with Crippen molar-refractivity contribution in [2.75, 3.05) is 19.8 Å². The molecule has 0 saturated carbocycles. The zero-order valence-electron chi connectivity index (χ0n) is 9.79. The molecule has 2 nitrogen and oxygen atoms in total. The molecular weight excluding hydrogens is 222 g/mol. The first-order valence-corrected chi connectivity index (χ1v) is 6.16. The maximum absolute atomic E-state index is 5.94. The van der Waals surface area contributed by atoms with Crippen LogP contribution < -0.4 is 5.73 Å². The number of hydrogen-bond donors (Lipinski definition) is 1. The molecule has 1 atom stereocenters. The van der Waals surface area contributed by atoms with Crippen molar-refractivity contribution < 1.29 is 4.74 Å². The number of benzene rings is 1. The van der Waals surface area contributed by atoms with Gasteiger partial charge in [0.1, 0.15) is 0 Å². The van der Waals surface area contributed by atoms with Gasteiger partial charge >= 0.3 is 0 Å². The minimum absolute atomic E-state index is 0.477. The van der Waals surface area contributed by atoms with Crippen molar-refractivity contribution in [3.8, 4) is 0 Å². The van der Waals surface area contributed by atoms with Crippen molar-refractivity contribution in [3.05, 3.63) is 34.9 Å². The Hall–Kier alpha value is -0.570. The summed E-state index contributed by atoms with van der Waals surface area (Å²) in [6.07, 6.45) is 1.99. The Labute approximate surface area is 103 Å². The molecule has 0 amide bonds. The second kappa shape index (κ2) is 7.66. The zero-order valence-corrected chi connectivity index (χ0v) is 10.5. The number of ether oxygens (including phenoxy) is 1. The summed E-state index contributed by atoms with van der Waals surface area (Å²) >= 11 is 5.94. The molecule has 3 heteroatoms. The van der Waals surface area contributed by atoms with E-state index in [1.54, 1.807) is 0 Å². The summed E-state index contributed by atoms with van der Waals surface area (Å²) in [5.74, 6) is 0.477. The van der Waals surface area contributed by atoms with Crippen LogP contribution in [0, 0.1) is 5.92 Å². The van der Waals surface area contributed by atoms with E-state index in [1.165, 1.54) is 5.56 Å². The highest BCUT2D eigenvalue weighted by molar-refractivity contribution is 6.30. The molecule has 0 aromatic heterocycles. The number of nitrogens with two attached hydrogens (primary N) is 1. The first kappa shape index (κ1) is 13.5. The predicted octanol–water partition coefficient (Wildman–Crippen LogP) is 2.88. The standard InChI is InChI=1S/C13H20ClNO/c1-2-16-7-6-12(10-15)8-11-4-3-5-13(14)9-11/h3-5,9,12H,2,6-8,10,15H2,1H3. The maximum atomic E-state index is 5.94. The van der Waals surface area contributed by atoms with Crippen LogP contribution in [0.2, 0.25) is 5.02 Å². The van der Waals surface area contributed by atoms with E-state index in [-0.39, 0.29) is 0 Å². The molecule has 0 saturated heterocycles. The van der Waals surface area contributed by atoms with Gasteiger partial charge in [0.2, 0.25) is 0 Å². The fraction of sp³-hybridized carbons (Fsp3) is 0.538. The smallest absolute Gasteiger partial charge is 0.0469 e. The summed E-state index contributed by atoms with van der Waals surface area (Å²) in [7, 11) is 0. The lowest BCUT2D eigenvalue weighted by molar-refractivity contribution is 0.133. The third-order valence-electron chi connectivity index (χ3n) is 2.62. The summed E-state index contributed by atoms with van der Waals surface area (Å²) in [6.45, 7) is 4.27. The van der Waals surface area contributed by atoms with Gasteiger partial charge in [0.15, 0.2) is 0 Å². The summed E-state index contributed by atoms with van der Waals surface area (Å²) in [6, 6.07) is 7.97. The van der Waals surface area contributed by atoms with Crippen molar-refractivity contribution in [2.24, 2.45) is 11.7 Å². The van der Waals surface area contributed by atoms with Crippen molar-refractivity contribution in [2.45, 2.75) is 19.8 Å². The molecule has 16 heavy (non-hydrogen) atoms. The Balaban J connectivity index is 2.43. The molecule has 1 unspecified atom stereocenters. The lowest BCUT2D eigenvalue weighted by atomic mass is 9.97. The zero-order chi connectivity index (χ0) is 11.8. The van der Waals surface area contributed by atoms with E-state index in [0.717, 1.165) is 31.1 Å². The third-order valence-corrected chi connectivity index (χ3v) is 2.86. The highest BCUT2D eigenvalue weighted by atomic mass is 35.5. The van der Waals surface area contributed by atoms with E-state index < -0.39 is 0 Å². The fourth-order valence-electron chi connectivity index (χ4n) is 1.69. The molecule has 0 fully saturated rings. The van der Waals surface area contributed by atoms with Crippen LogP contribution in [-0.2, 0) is 11.2 Å². The highest BCUT2D eigenvalue weighted by Crippen LogP contribution is 2.16. The summed E-state index contributed by atoms with van der Waals surface area (Å²) in [4.78, 5) is 0. The quantitative estimate of drug-likeness (QED) is 0.745. The Morgan fingerprint density at radius 2 is 2.25 bits per heavy atom. The molecule has 0 heterocycles. The van der Waals surface area contributed by atoms with Crippen molar-refractivity contribution in [1.29, 1.82) is 0 Å². The van der Waals surface area contributed by atoms with E-state index in [2.05, 4.69) is 6.07 Å². The summed E-state index contributed by atoms with van der Waals surface area (Å²) in [5, 5.41) is 0.790. The summed E-state index contributed by atoms with van der Waals surface area (Å²) in [5.41, 5.74) is 7.00. The first-order valence-electron chi connectivity index (χ1n) is 5.78. The molecule has 0 spiro atoms. The predicted molar refractivity (Wildman–Crippen MR) is 68.8 cm³/mol. The van der Waals surface area contributed by atoms with Crippen molar-refractivity contribution >= 4 is 11.6 Å². The second-order valence-electron chi connectivity index (χ2n) is 3.92. The van der Waals surface area contributed by atoms with Gasteiger partial charge in [0.25, 0.3) is 0 Å². The van der Waals surface area contributed by atoms with Gasteiger partial charge in [0, 0.05) is 18.2 Å². The van der Waals surface area contributed by atoms with Crippen LogP contribution >= 0.6 is 11.6 Å². The average molecular weight is 242 g/mol. The van der Waals surface area contributed by atoms with E-state index in [0.29, 0.717) is 12.5 Å². The highest BCUT2D eigenvalue weighted by Gasteiger charge is 2.08. The van der Waals surface area contributed by atoms with Crippen LogP contribution in [0.15, 0.2) is 24.3 Å². The van der Waals surface area contributed by atoms with Crippen molar-refractivity contribution in [3.63, 3.8) is 0 Å². The van der Waals surface area contributed by atoms with E-state index in [9.17, 15) is 0 Å². The Morgan fingerprint density at radius 3 is 2.88 bits per heavy atom. The summed E-state index contributed by atoms with van der Waals surface area (Å²) < 4.78 is 5.35. The molecule has 1 rings (SSSR count). The third kappa shape index (κ3) is 4.97. The Bertz CT molecular complexity index is 304. The Morgan fingerprint density at radius 1 is 1.44 bits per heavy atom. The van der Waals surface area contributed by atoms with Gasteiger partial charge in [-0.2, -0.15) is 0 Å². The monoisotopic (exact) mass is 241 g/mol. The first-order chi connectivity index (χ1) is 7.76. The molecule has 0 aliphatic heterocycles. The molecule has 0 bridgehead atoms. The minimum Gasteiger partial charge on any atom is -0.382 e. The van der Waals surface area contributed by atoms with Gasteiger partial charge in [-0.25, -0.2) is 0 Å². The van der Waals surface area contributed by atoms with Gasteiger partial charge in [-0.3, -0.25) is 0 Å². The number of rotatable bonds is 7. The van der Waals surface area contributed by atoms with Crippen LogP contribution in [0.5, 0.6) is 0 Å². The lowest BCUT2D eigenvalue weighted by Crippen LogP contribution is -2.18. The molecule has 0 aliphatic rings. The van der Waals surface area contributed by atoms with Gasteiger partial charge in [0.05, 0.1) is 0 Å². The molecule has 2 N–H and O–H groups in total.